The highest BCUT2D eigenvalue weighted by Crippen LogP contribution is 2.44. The van der Waals surface area contributed by atoms with Crippen molar-refractivity contribution in [3.8, 4) is 11.1 Å². The molecule has 0 bridgehead atoms. The summed E-state index contributed by atoms with van der Waals surface area (Å²) >= 11 is 0. The molecule has 0 saturated heterocycles. The van der Waals surface area contributed by atoms with Crippen molar-refractivity contribution >= 4 is 34.3 Å². The Morgan fingerprint density at radius 3 is 2.50 bits per heavy atom. The van der Waals surface area contributed by atoms with E-state index in [1.54, 1.807) is 12.1 Å². The summed E-state index contributed by atoms with van der Waals surface area (Å²) in [6.45, 7) is 4.06. The Bertz CT molecular complexity index is 1510. The zero-order valence-electron chi connectivity index (χ0n) is 22.7. The van der Waals surface area contributed by atoms with Crippen LogP contribution in [0.4, 0.5) is 14.5 Å². The van der Waals surface area contributed by atoms with Crippen molar-refractivity contribution in [2.45, 2.75) is 58.4 Å². The Morgan fingerprint density at radius 2 is 1.82 bits per heavy atom. The molecule has 5 rings (SSSR count). The number of aliphatic hydroxyl groups excluding tert-OH is 1. The molecule has 1 aliphatic carbocycles. The minimum absolute atomic E-state index is 0.0994. The van der Waals surface area contributed by atoms with Crippen molar-refractivity contribution < 1.29 is 28.3 Å². The van der Waals surface area contributed by atoms with Crippen LogP contribution in [0.25, 0.3) is 22.0 Å². The number of carbonyl (C=O) groups is 3. The Kier molecular flexibility index (Phi) is 7.39. The highest BCUT2D eigenvalue weighted by Gasteiger charge is 2.36. The fourth-order valence-corrected chi connectivity index (χ4v) is 6.25. The van der Waals surface area contributed by atoms with Crippen LogP contribution in [0.5, 0.6) is 0 Å². The predicted octanol–water partition coefficient (Wildman–Crippen LogP) is 4.38. The number of aromatic nitrogens is 1. The van der Waals surface area contributed by atoms with Gasteiger partial charge in [0.05, 0.1) is 23.4 Å². The van der Waals surface area contributed by atoms with E-state index in [2.05, 4.69) is 10.6 Å². The van der Waals surface area contributed by atoms with E-state index in [9.17, 15) is 18.8 Å². The van der Waals surface area contributed by atoms with Crippen molar-refractivity contribution in [3.05, 3.63) is 53.2 Å². The maximum Gasteiger partial charge on any atom is 0.253 e. The molecule has 8 nitrogen and oxygen atoms in total. The second-order valence-corrected chi connectivity index (χ2v) is 11.7. The van der Waals surface area contributed by atoms with Gasteiger partial charge in [-0.1, -0.05) is 13.8 Å². The first-order valence-corrected chi connectivity index (χ1v) is 13.6. The van der Waals surface area contributed by atoms with E-state index in [1.165, 1.54) is 22.8 Å². The van der Waals surface area contributed by atoms with Gasteiger partial charge in [0.2, 0.25) is 11.8 Å². The summed E-state index contributed by atoms with van der Waals surface area (Å²) < 4.78 is 31.4. The maximum atomic E-state index is 15.6. The number of benzene rings is 2. The van der Waals surface area contributed by atoms with Crippen LogP contribution in [-0.2, 0) is 11.2 Å². The molecule has 0 atom stereocenters. The van der Waals surface area contributed by atoms with E-state index in [0.717, 1.165) is 0 Å². The Balaban J connectivity index is 1.54. The van der Waals surface area contributed by atoms with Gasteiger partial charge in [-0.2, -0.15) is 0 Å². The monoisotopic (exact) mass is 552 g/mol. The maximum absolute atomic E-state index is 15.6. The molecule has 2 aliphatic rings. The number of rotatable bonds is 7. The lowest BCUT2D eigenvalue weighted by Gasteiger charge is -2.31. The molecule has 10 heteroatoms. The number of nitrogens with two attached hydrogens (primary N) is 1. The van der Waals surface area contributed by atoms with Gasteiger partial charge in [-0.15, -0.1) is 0 Å². The zero-order valence-corrected chi connectivity index (χ0v) is 22.7. The summed E-state index contributed by atoms with van der Waals surface area (Å²) in [4.78, 5) is 37.8. The summed E-state index contributed by atoms with van der Waals surface area (Å²) in [6.07, 6.45) is 3.26. The van der Waals surface area contributed by atoms with Crippen LogP contribution in [0, 0.1) is 23.0 Å². The highest BCUT2D eigenvalue weighted by atomic mass is 19.1. The topological polar surface area (TPSA) is 126 Å². The molecule has 1 fully saturated rings. The van der Waals surface area contributed by atoms with Gasteiger partial charge in [-0.3, -0.25) is 19.0 Å². The molecular weight excluding hydrogens is 518 g/mol. The first-order valence-electron chi connectivity index (χ1n) is 13.6. The van der Waals surface area contributed by atoms with Crippen LogP contribution in [0.1, 0.15) is 66.8 Å². The number of hydrogen-bond donors (Lipinski definition) is 4. The van der Waals surface area contributed by atoms with Gasteiger partial charge in [0, 0.05) is 41.6 Å². The molecule has 0 unspecified atom stereocenters. The van der Waals surface area contributed by atoms with E-state index >= 15 is 4.39 Å². The van der Waals surface area contributed by atoms with Crippen LogP contribution in [0.15, 0.2) is 30.3 Å². The zero-order chi connectivity index (χ0) is 28.8. The number of halogens is 2. The largest absolute Gasteiger partial charge is 0.395 e. The summed E-state index contributed by atoms with van der Waals surface area (Å²) in [5, 5.41) is 15.6. The van der Waals surface area contributed by atoms with Crippen LogP contribution in [0.2, 0.25) is 0 Å². The van der Waals surface area contributed by atoms with E-state index in [-0.39, 0.29) is 53.6 Å². The molecule has 1 aliphatic heterocycles. The first-order chi connectivity index (χ1) is 19.0. The molecule has 0 radical (unpaired) electrons. The van der Waals surface area contributed by atoms with E-state index < -0.39 is 17.5 Å². The lowest BCUT2D eigenvalue weighted by Crippen LogP contribution is -2.37. The normalized spacial score (nSPS) is 20.3. The smallest absolute Gasteiger partial charge is 0.253 e. The number of carbonyl (C=O) groups excluding carboxylic acids is 3. The summed E-state index contributed by atoms with van der Waals surface area (Å²) in [6, 6.07) is 7.04. The van der Waals surface area contributed by atoms with Crippen molar-refractivity contribution in [1.82, 2.24) is 9.88 Å². The second kappa shape index (κ2) is 10.6. The quantitative estimate of drug-likeness (QED) is 0.346. The van der Waals surface area contributed by atoms with E-state index in [1.807, 2.05) is 13.8 Å². The number of primary amides is 1. The van der Waals surface area contributed by atoms with Gasteiger partial charge < -0.3 is 21.5 Å². The third-order valence-corrected chi connectivity index (χ3v) is 8.05. The number of anilines is 1. The Labute approximate surface area is 230 Å². The van der Waals surface area contributed by atoms with Gasteiger partial charge in [0.1, 0.15) is 11.6 Å². The molecule has 2 heterocycles. The molecule has 2 amide bonds. The van der Waals surface area contributed by atoms with Gasteiger partial charge >= 0.3 is 0 Å². The minimum atomic E-state index is -0.911. The SMILES string of the molecule is CC1(C)CC(=O)n2c(c(-c3cc(F)c(C(N)=O)c(N[C@H]4CC[C@H](C(=O)NCCO)CC4)c3)c3ccc(F)cc32)C1. The van der Waals surface area contributed by atoms with Gasteiger partial charge in [-0.05, 0) is 73.4 Å². The minimum Gasteiger partial charge on any atom is -0.395 e. The van der Waals surface area contributed by atoms with Gasteiger partial charge in [0.25, 0.3) is 5.91 Å². The molecule has 0 spiro atoms. The molecule has 1 aromatic heterocycles. The standard InChI is InChI=1S/C30H34F2N4O4/c1-30(2)14-24-26(20-8-5-18(31)13-23(20)36(24)25(38)15-30)17-11-21(32)27(28(33)39)22(12-17)35-19-6-3-16(4-7-19)29(40)34-9-10-37/h5,8,11-13,16,19,35,37H,3-4,6-7,9-10,14-15H2,1-2H3,(H2,33,39)(H,34,40)/t16-,19-. The molecule has 2 aromatic carbocycles. The van der Waals surface area contributed by atoms with Crippen LogP contribution < -0.4 is 16.4 Å². The summed E-state index contributed by atoms with van der Waals surface area (Å²) in [5.41, 5.74) is 7.41. The second-order valence-electron chi connectivity index (χ2n) is 11.7. The fourth-order valence-electron chi connectivity index (χ4n) is 6.25. The van der Waals surface area contributed by atoms with Crippen LogP contribution in [-0.4, -0.2) is 46.6 Å². The van der Waals surface area contributed by atoms with Gasteiger partial charge in [-0.25, -0.2) is 8.78 Å². The lowest BCUT2D eigenvalue weighted by atomic mass is 9.80. The molecule has 212 valence electrons. The number of nitrogens with one attached hydrogen (secondary N) is 2. The number of nitrogens with zero attached hydrogens (tertiary/aromatic N) is 1. The van der Waals surface area contributed by atoms with Gasteiger partial charge in [0.15, 0.2) is 0 Å². The van der Waals surface area contributed by atoms with Crippen molar-refractivity contribution in [1.29, 1.82) is 0 Å². The van der Waals surface area contributed by atoms with E-state index in [0.29, 0.717) is 66.2 Å². The average Bonchev–Trinajstić information content (AvgIpc) is 3.19. The lowest BCUT2D eigenvalue weighted by molar-refractivity contribution is -0.126. The van der Waals surface area contributed by atoms with E-state index in [4.69, 9.17) is 10.8 Å². The molecule has 5 N–H and O–H groups in total. The molecule has 40 heavy (non-hydrogen) atoms. The van der Waals surface area contributed by atoms with Crippen LogP contribution >= 0.6 is 0 Å². The Morgan fingerprint density at radius 1 is 1.10 bits per heavy atom. The summed E-state index contributed by atoms with van der Waals surface area (Å²) in [7, 11) is 0. The summed E-state index contributed by atoms with van der Waals surface area (Å²) in [5.74, 6) is -2.61. The number of aliphatic hydroxyl groups is 1. The third kappa shape index (κ3) is 5.20. The highest BCUT2D eigenvalue weighted by molar-refractivity contribution is 6.06. The first kappa shape index (κ1) is 27.8. The molecular formula is C30H34F2N4O4. The molecule has 1 saturated carbocycles. The van der Waals surface area contributed by atoms with Crippen molar-refractivity contribution in [2.24, 2.45) is 17.1 Å². The predicted molar refractivity (Wildman–Crippen MR) is 148 cm³/mol. The number of hydrogen-bond acceptors (Lipinski definition) is 5. The molecule has 3 aromatic rings. The number of amides is 2. The average molecular weight is 553 g/mol. The van der Waals surface area contributed by atoms with Crippen molar-refractivity contribution in [2.75, 3.05) is 18.5 Å². The fraction of sp³-hybridized carbons (Fsp3) is 0.433. The van der Waals surface area contributed by atoms with Crippen LogP contribution in [0.3, 0.4) is 0 Å². The third-order valence-electron chi connectivity index (χ3n) is 8.05. The Hall–Kier alpha value is -3.79. The van der Waals surface area contributed by atoms with Crippen molar-refractivity contribution in [3.63, 3.8) is 0 Å². The number of fused-ring (bicyclic) bond motifs is 3.